The molecule has 0 fully saturated rings. The lowest BCUT2D eigenvalue weighted by atomic mass is 10.2. The quantitative estimate of drug-likeness (QED) is 0.764. The lowest BCUT2D eigenvalue weighted by molar-refractivity contribution is -0.122. The monoisotopic (exact) mass is 270 g/mol. The Morgan fingerprint density at radius 1 is 1.33 bits per heavy atom. The average Bonchev–Trinajstić information content (AvgIpc) is 2.28. The lowest BCUT2D eigenvalue weighted by Crippen LogP contribution is -2.31. The number of aromatic carboxylic acids is 1. The number of nitrogens with one attached hydrogen (secondary N) is 2. The highest BCUT2D eigenvalue weighted by Crippen LogP contribution is 2.25. The largest absolute Gasteiger partial charge is 0.478 e. The summed E-state index contributed by atoms with van der Waals surface area (Å²) in [5.41, 5.74) is -0.0966. The first-order chi connectivity index (χ1) is 8.41. The van der Waals surface area contributed by atoms with E-state index in [0.29, 0.717) is 0 Å². The van der Waals surface area contributed by atoms with Crippen LogP contribution in [-0.4, -0.2) is 29.4 Å². The van der Waals surface area contributed by atoms with Crippen LogP contribution in [0.4, 0.5) is 5.69 Å². The SMILES string of the molecule is CC(=O)NCC(=O)Nc1c(Cl)cccc1C(=O)O. The first kappa shape index (κ1) is 14.0. The molecule has 0 radical (unpaired) electrons. The standard InChI is InChI=1S/C11H11ClN2O4/c1-6(15)13-5-9(16)14-10-7(11(17)18)3-2-4-8(10)12/h2-4H,5H2,1H3,(H,13,15)(H,14,16)(H,17,18). The van der Waals surface area contributed by atoms with Gasteiger partial charge >= 0.3 is 5.97 Å². The van der Waals surface area contributed by atoms with Crippen LogP contribution in [0.25, 0.3) is 0 Å². The number of hydrogen-bond acceptors (Lipinski definition) is 3. The van der Waals surface area contributed by atoms with Crippen molar-refractivity contribution in [2.24, 2.45) is 0 Å². The van der Waals surface area contributed by atoms with Crippen LogP contribution in [0.15, 0.2) is 18.2 Å². The highest BCUT2D eigenvalue weighted by molar-refractivity contribution is 6.34. The highest BCUT2D eigenvalue weighted by Gasteiger charge is 2.15. The number of benzene rings is 1. The van der Waals surface area contributed by atoms with Gasteiger partial charge in [-0.2, -0.15) is 0 Å². The molecule has 0 heterocycles. The molecule has 0 aliphatic carbocycles. The molecule has 3 N–H and O–H groups in total. The molecule has 1 rings (SSSR count). The fourth-order valence-corrected chi connectivity index (χ4v) is 1.44. The van der Waals surface area contributed by atoms with Gasteiger partial charge in [0.15, 0.2) is 0 Å². The first-order valence-electron chi connectivity index (χ1n) is 4.98. The van der Waals surface area contributed by atoms with Crippen LogP contribution < -0.4 is 10.6 Å². The Labute approximate surface area is 108 Å². The third-order valence-electron chi connectivity index (χ3n) is 2.01. The molecular weight excluding hydrogens is 260 g/mol. The number of para-hydroxylation sites is 1. The number of amides is 2. The van der Waals surface area contributed by atoms with E-state index >= 15 is 0 Å². The van der Waals surface area contributed by atoms with Gasteiger partial charge in [-0.05, 0) is 12.1 Å². The highest BCUT2D eigenvalue weighted by atomic mass is 35.5. The summed E-state index contributed by atoms with van der Waals surface area (Å²) in [7, 11) is 0. The molecule has 0 atom stereocenters. The van der Waals surface area contributed by atoms with Crippen molar-refractivity contribution < 1.29 is 19.5 Å². The predicted octanol–water partition coefficient (Wildman–Crippen LogP) is 1.11. The summed E-state index contributed by atoms with van der Waals surface area (Å²) in [6, 6.07) is 4.25. The molecule has 1 aromatic carbocycles. The van der Waals surface area contributed by atoms with Gasteiger partial charge in [-0.3, -0.25) is 9.59 Å². The van der Waals surface area contributed by atoms with Gasteiger partial charge < -0.3 is 15.7 Å². The Hall–Kier alpha value is -2.08. The van der Waals surface area contributed by atoms with Gasteiger partial charge in [0.25, 0.3) is 0 Å². The van der Waals surface area contributed by atoms with Crippen molar-refractivity contribution in [3.8, 4) is 0 Å². The molecule has 0 aliphatic heterocycles. The van der Waals surface area contributed by atoms with E-state index in [0.717, 1.165) is 0 Å². The van der Waals surface area contributed by atoms with Gasteiger partial charge in [0, 0.05) is 6.92 Å². The summed E-state index contributed by atoms with van der Waals surface area (Å²) < 4.78 is 0. The van der Waals surface area contributed by atoms with Crippen molar-refractivity contribution in [3.63, 3.8) is 0 Å². The average molecular weight is 271 g/mol. The second-order valence-electron chi connectivity index (χ2n) is 3.43. The third kappa shape index (κ3) is 3.74. The van der Waals surface area contributed by atoms with E-state index in [4.69, 9.17) is 16.7 Å². The maximum atomic E-state index is 11.5. The molecule has 6 nitrogen and oxygen atoms in total. The van der Waals surface area contributed by atoms with E-state index in [1.807, 2.05) is 0 Å². The Morgan fingerprint density at radius 2 is 2.00 bits per heavy atom. The van der Waals surface area contributed by atoms with Gasteiger partial charge in [-0.25, -0.2) is 4.79 Å². The Bertz CT molecular complexity index is 502. The van der Waals surface area contributed by atoms with E-state index in [1.165, 1.54) is 25.1 Å². The van der Waals surface area contributed by atoms with E-state index in [1.54, 1.807) is 0 Å². The smallest absolute Gasteiger partial charge is 0.337 e. The number of carbonyl (C=O) groups is 3. The van der Waals surface area contributed by atoms with Crippen molar-refractivity contribution in [1.29, 1.82) is 0 Å². The van der Waals surface area contributed by atoms with Gasteiger partial charge in [-0.15, -0.1) is 0 Å². The summed E-state index contributed by atoms with van der Waals surface area (Å²) >= 11 is 5.81. The summed E-state index contributed by atoms with van der Waals surface area (Å²) in [4.78, 5) is 33.0. The zero-order chi connectivity index (χ0) is 13.7. The van der Waals surface area contributed by atoms with Crippen molar-refractivity contribution >= 4 is 35.1 Å². The normalized spacial score (nSPS) is 9.67. The van der Waals surface area contributed by atoms with E-state index in [-0.39, 0.29) is 28.7 Å². The van der Waals surface area contributed by atoms with Gasteiger partial charge in [0.05, 0.1) is 22.8 Å². The van der Waals surface area contributed by atoms with Gasteiger partial charge in [0.2, 0.25) is 11.8 Å². The zero-order valence-corrected chi connectivity index (χ0v) is 10.2. The molecule has 7 heteroatoms. The minimum absolute atomic E-state index is 0.0158. The summed E-state index contributed by atoms with van der Waals surface area (Å²) in [5, 5.41) is 13.7. The number of hydrogen-bond donors (Lipinski definition) is 3. The van der Waals surface area contributed by atoms with Crippen molar-refractivity contribution in [2.45, 2.75) is 6.92 Å². The molecule has 0 spiro atoms. The number of carboxylic acid groups (broad SMARTS) is 1. The molecule has 0 bridgehead atoms. The minimum Gasteiger partial charge on any atom is -0.478 e. The molecule has 18 heavy (non-hydrogen) atoms. The molecule has 0 aliphatic rings. The Balaban J connectivity index is 2.86. The fourth-order valence-electron chi connectivity index (χ4n) is 1.22. The molecule has 1 aromatic rings. The third-order valence-corrected chi connectivity index (χ3v) is 2.32. The summed E-state index contributed by atoms with van der Waals surface area (Å²) in [5.74, 6) is -2.11. The molecular formula is C11H11ClN2O4. The van der Waals surface area contributed by atoms with Gasteiger partial charge in [0.1, 0.15) is 0 Å². The number of rotatable bonds is 4. The molecule has 96 valence electrons. The van der Waals surface area contributed by atoms with Crippen LogP contribution in [0.2, 0.25) is 5.02 Å². The molecule has 0 saturated heterocycles. The number of carboxylic acids is 1. The van der Waals surface area contributed by atoms with Crippen LogP contribution in [0.1, 0.15) is 17.3 Å². The second kappa shape index (κ2) is 6.02. The summed E-state index contributed by atoms with van der Waals surface area (Å²) in [6.45, 7) is 1.02. The van der Waals surface area contributed by atoms with E-state index < -0.39 is 11.9 Å². The van der Waals surface area contributed by atoms with Crippen molar-refractivity contribution in [2.75, 3.05) is 11.9 Å². The van der Waals surface area contributed by atoms with Crippen LogP contribution in [0.5, 0.6) is 0 Å². The maximum absolute atomic E-state index is 11.5. The first-order valence-corrected chi connectivity index (χ1v) is 5.35. The van der Waals surface area contributed by atoms with Crippen LogP contribution in [0, 0.1) is 0 Å². The van der Waals surface area contributed by atoms with E-state index in [2.05, 4.69) is 10.6 Å². The topological polar surface area (TPSA) is 95.5 Å². The molecule has 0 aromatic heterocycles. The van der Waals surface area contributed by atoms with Crippen molar-refractivity contribution in [1.82, 2.24) is 5.32 Å². The Morgan fingerprint density at radius 3 is 2.56 bits per heavy atom. The van der Waals surface area contributed by atoms with Gasteiger partial charge in [-0.1, -0.05) is 17.7 Å². The second-order valence-corrected chi connectivity index (χ2v) is 3.83. The minimum atomic E-state index is -1.20. The fraction of sp³-hybridized carbons (Fsp3) is 0.182. The van der Waals surface area contributed by atoms with Crippen molar-refractivity contribution in [3.05, 3.63) is 28.8 Å². The predicted molar refractivity (Wildman–Crippen MR) is 65.7 cm³/mol. The van der Waals surface area contributed by atoms with Crippen LogP contribution >= 0.6 is 11.6 Å². The zero-order valence-electron chi connectivity index (χ0n) is 9.49. The lowest BCUT2D eigenvalue weighted by Gasteiger charge is -2.10. The molecule has 2 amide bonds. The number of anilines is 1. The summed E-state index contributed by atoms with van der Waals surface area (Å²) in [6.07, 6.45) is 0. The van der Waals surface area contributed by atoms with Crippen LogP contribution in [0.3, 0.4) is 0 Å². The van der Waals surface area contributed by atoms with E-state index in [9.17, 15) is 14.4 Å². The maximum Gasteiger partial charge on any atom is 0.337 e. The molecule has 0 saturated carbocycles. The number of halogens is 1. The number of carbonyl (C=O) groups excluding carboxylic acids is 2. The Kier molecular flexibility index (Phi) is 4.67. The van der Waals surface area contributed by atoms with Crippen LogP contribution in [-0.2, 0) is 9.59 Å². The molecule has 0 unspecified atom stereocenters.